The summed E-state index contributed by atoms with van der Waals surface area (Å²) in [6, 6.07) is 15.6. The van der Waals surface area contributed by atoms with Gasteiger partial charge >= 0.3 is 13.8 Å². The average molecular weight is 475 g/mol. The molecule has 0 atom stereocenters. The summed E-state index contributed by atoms with van der Waals surface area (Å²) in [5, 5.41) is 9.61. The molecule has 0 saturated carbocycles. The number of ether oxygens (including phenoxy) is 1. The van der Waals surface area contributed by atoms with Crippen molar-refractivity contribution in [1.29, 1.82) is 0 Å². The predicted octanol–water partition coefficient (Wildman–Crippen LogP) is 7.60. The number of hydrogen-bond donors (Lipinski definition) is 1. The number of fused-ring (bicyclic) bond motifs is 3. The molecule has 0 amide bonds. The maximum Gasteiger partial charge on any atom is 0.507 e. The van der Waals surface area contributed by atoms with Crippen LogP contribution in [0.15, 0.2) is 48.5 Å². The summed E-state index contributed by atoms with van der Waals surface area (Å²) in [4.78, 5) is 11.8. The Balaban J connectivity index is 1.76. The maximum absolute atomic E-state index is 13.2. The average Bonchev–Trinajstić information content (AvgIpc) is 3.07. The van der Waals surface area contributed by atoms with Gasteiger partial charge in [0.25, 0.3) is 0 Å². The van der Waals surface area contributed by atoms with E-state index in [2.05, 4.69) is 13.8 Å². The van der Waals surface area contributed by atoms with Gasteiger partial charge in [-0.25, -0.2) is 4.79 Å². The highest BCUT2D eigenvalue weighted by Crippen LogP contribution is 2.53. The number of carboxylic acid groups (broad SMARTS) is 1. The van der Waals surface area contributed by atoms with Gasteiger partial charge in [0.15, 0.2) is 5.60 Å². The quantitative estimate of drug-likeness (QED) is 0.172. The zero-order valence-electron chi connectivity index (χ0n) is 19.6. The van der Waals surface area contributed by atoms with Crippen molar-refractivity contribution in [3.63, 3.8) is 0 Å². The van der Waals surface area contributed by atoms with E-state index in [0.29, 0.717) is 38.6 Å². The molecule has 2 aromatic carbocycles. The third kappa shape index (κ3) is 6.06. The third-order valence-corrected chi connectivity index (χ3v) is 8.07. The second kappa shape index (κ2) is 11.8. The Morgan fingerprint density at radius 1 is 0.848 bits per heavy atom. The van der Waals surface area contributed by atoms with Gasteiger partial charge in [0.05, 0.1) is 19.4 Å². The normalized spacial score (nSPS) is 14.0. The van der Waals surface area contributed by atoms with Gasteiger partial charge in [0, 0.05) is 11.1 Å². The third-order valence-electron chi connectivity index (χ3n) is 6.06. The molecular weight excluding hydrogens is 439 g/mol. The Hall–Kier alpha value is -2.14. The van der Waals surface area contributed by atoms with E-state index in [0.717, 1.165) is 47.9 Å². The van der Waals surface area contributed by atoms with E-state index in [1.165, 1.54) is 0 Å². The summed E-state index contributed by atoms with van der Waals surface area (Å²) >= 11 is 0. The molecule has 0 radical (unpaired) electrons. The molecule has 6 nitrogen and oxygen atoms in total. The standard InChI is InChI=1S/C26H35O6P/c1-3-5-18-30-33(29,31-19-6-4-2)20-12-11-17-26(32-25(27)28)23-15-9-7-13-21(23)22-14-8-10-16-24(22)26/h7-10,13-16H,3-6,11-12,17-20H2,1-2H3,(H,27,28). The number of benzene rings is 2. The lowest BCUT2D eigenvalue weighted by Gasteiger charge is -2.30. The maximum atomic E-state index is 13.2. The zero-order chi connectivity index (χ0) is 23.7. The van der Waals surface area contributed by atoms with Crippen LogP contribution < -0.4 is 0 Å². The first-order valence-electron chi connectivity index (χ1n) is 11.9. The molecule has 0 unspecified atom stereocenters. The first kappa shape index (κ1) is 25.5. The van der Waals surface area contributed by atoms with Gasteiger partial charge in [0.1, 0.15) is 0 Å². The Bertz CT molecular complexity index is 913. The second-order valence-corrected chi connectivity index (χ2v) is 10.6. The molecule has 0 aliphatic heterocycles. The number of unbranched alkanes of at least 4 members (excludes halogenated alkanes) is 3. The summed E-state index contributed by atoms with van der Waals surface area (Å²) < 4.78 is 30.3. The van der Waals surface area contributed by atoms with Crippen LogP contribution in [0.1, 0.15) is 69.9 Å². The molecule has 0 fully saturated rings. The molecule has 33 heavy (non-hydrogen) atoms. The van der Waals surface area contributed by atoms with Crippen LogP contribution >= 0.6 is 7.60 Å². The van der Waals surface area contributed by atoms with Crippen molar-refractivity contribution in [2.45, 2.75) is 64.4 Å². The van der Waals surface area contributed by atoms with Crippen LogP contribution in [0.4, 0.5) is 4.79 Å². The Labute approximate surface area is 196 Å². The van der Waals surface area contributed by atoms with E-state index in [1.807, 2.05) is 48.5 Å². The molecule has 0 saturated heterocycles. The van der Waals surface area contributed by atoms with Gasteiger partial charge in [-0.3, -0.25) is 4.57 Å². The van der Waals surface area contributed by atoms with E-state index in [4.69, 9.17) is 13.8 Å². The number of carbonyl (C=O) groups is 1. The van der Waals surface area contributed by atoms with Crippen LogP contribution in [0.25, 0.3) is 11.1 Å². The molecule has 1 aliphatic rings. The van der Waals surface area contributed by atoms with Gasteiger partial charge in [-0.2, -0.15) is 0 Å². The molecule has 1 aliphatic carbocycles. The van der Waals surface area contributed by atoms with Crippen LogP contribution in [0, 0.1) is 0 Å². The van der Waals surface area contributed by atoms with Crippen molar-refractivity contribution in [1.82, 2.24) is 0 Å². The fourth-order valence-electron chi connectivity index (χ4n) is 4.41. The van der Waals surface area contributed by atoms with Gasteiger partial charge < -0.3 is 18.9 Å². The van der Waals surface area contributed by atoms with Crippen molar-refractivity contribution >= 4 is 13.8 Å². The molecule has 7 heteroatoms. The summed E-state index contributed by atoms with van der Waals surface area (Å²) in [6.07, 6.45) is 4.27. The minimum absolute atomic E-state index is 0.312. The van der Waals surface area contributed by atoms with Gasteiger partial charge in [-0.1, -0.05) is 75.2 Å². The van der Waals surface area contributed by atoms with Crippen LogP contribution in [0.5, 0.6) is 0 Å². The first-order valence-corrected chi connectivity index (χ1v) is 13.7. The predicted molar refractivity (Wildman–Crippen MR) is 130 cm³/mol. The Morgan fingerprint density at radius 3 is 1.85 bits per heavy atom. The highest BCUT2D eigenvalue weighted by molar-refractivity contribution is 7.53. The minimum Gasteiger partial charge on any atom is -0.450 e. The van der Waals surface area contributed by atoms with Gasteiger partial charge in [0.2, 0.25) is 0 Å². The first-order chi connectivity index (χ1) is 16.0. The molecule has 0 spiro atoms. The van der Waals surface area contributed by atoms with Gasteiger partial charge in [-0.15, -0.1) is 0 Å². The minimum atomic E-state index is -3.18. The Kier molecular flexibility index (Phi) is 9.13. The lowest BCUT2D eigenvalue weighted by atomic mass is 9.86. The molecule has 1 N–H and O–H groups in total. The van der Waals surface area contributed by atoms with Crippen molar-refractivity contribution in [3.05, 3.63) is 59.7 Å². The van der Waals surface area contributed by atoms with Crippen molar-refractivity contribution in [2.24, 2.45) is 0 Å². The lowest BCUT2D eigenvalue weighted by molar-refractivity contribution is -0.000737. The fourth-order valence-corrected chi connectivity index (χ4v) is 6.16. The molecule has 0 bridgehead atoms. The summed E-state index contributed by atoms with van der Waals surface area (Å²) in [5.74, 6) is 0. The fraction of sp³-hybridized carbons (Fsp3) is 0.500. The van der Waals surface area contributed by atoms with Crippen LogP contribution in [-0.4, -0.2) is 30.6 Å². The highest BCUT2D eigenvalue weighted by Gasteiger charge is 2.46. The SMILES string of the molecule is CCCCOP(=O)(CCCCC1(OC(=O)O)c2ccccc2-c2ccccc21)OCCCC. The van der Waals surface area contributed by atoms with Crippen LogP contribution in [0.3, 0.4) is 0 Å². The van der Waals surface area contributed by atoms with Crippen molar-refractivity contribution < 1.29 is 28.3 Å². The van der Waals surface area contributed by atoms with E-state index in [-0.39, 0.29) is 0 Å². The zero-order valence-corrected chi connectivity index (χ0v) is 20.5. The molecule has 0 aromatic heterocycles. The van der Waals surface area contributed by atoms with Crippen LogP contribution in [0.2, 0.25) is 0 Å². The Morgan fingerprint density at radius 2 is 1.36 bits per heavy atom. The summed E-state index contributed by atoms with van der Waals surface area (Å²) in [5.41, 5.74) is 2.62. The van der Waals surface area contributed by atoms with E-state index >= 15 is 0 Å². The van der Waals surface area contributed by atoms with Crippen LogP contribution in [-0.2, 0) is 24.0 Å². The van der Waals surface area contributed by atoms with E-state index < -0.39 is 19.4 Å². The molecule has 2 aromatic rings. The second-order valence-electron chi connectivity index (χ2n) is 8.45. The highest BCUT2D eigenvalue weighted by atomic mass is 31.2. The molecule has 0 heterocycles. The number of hydrogen-bond acceptors (Lipinski definition) is 5. The molecule has 180 valence electrons. The largest absolute Gasteiger partial charge is 0.507 e. The molecular formula is C26H35O6P. The molecule has 3 rings (SSSR count). The van der Waals surface area contributed by atoms with E-state index in [1.54, 1.807) is 0 Å². The number of rotatable bonds is 14. The smallest absolute Gasteiger partial charge is 0.450 e. The summed E-state index contributed by atoms with van der Waals surface area (Å²) in [6.45, 7) is 4.97. The van der Waals surface area contributed by atoms with Crippen molar-refractivity contribution in [2.75, 3.05) is 19.4 Å². The van der Waals surface area contributed by atoms with Crippen molar-refractivity contribution in [3.8, 4) is 11.1 Å². The summed E-state index contributed by atoms with van der Waals surface area (Å²) in [7, 11) is -3.18. The monoisotopic (exact) mass is 474 g/mol. The van der Waals surface area contributed by atoms with Gasteiger partial charge in [-0.05, 0) is 43.2 Å². The topological polar surface area (TPSA) is 82.1 Å². The van der Waals surface area contributed by atoms with E-state index in [9.17, 15) is 14.5 Å². The lowest BCUT2D eigenvalue weighted by Crippen LogP contribution is -2.31.